The molecule has 2 aliphatic rings. The third kappa shape index (κ3) is 2.84. The highest BCUT2D eigenvalue weighted by molar-refractivity contribution is 5.83. The monoisotopic (exact) mass is 256 g/mol. The van der Waals surface area contributed by atoms with Crippen molar-refractivity contribution in [3.63, 3.8) is 0 Å². The average Bonchev–Trinajstić information content (AvgIpc) is 2.84. The Morgan fingerprint density at radius 2 is 1.83 bits per heavy atom. The molecule has 0 unspecified atom stereocenters. The molecular formula is C13H24N2O3. The maximum Gasteiger partial charge on any atom is 0.227 e. The number of nitrogens with two attached hydrogens (primary N) is 1. The molecule has 2 rings (SSSR count). The van der Waals surface area contributed by atoms with Crippen molar-refractivity contribution in [2.45, 2.75) is 44.1 Å². The molecule has 0 radical (unpaired) electrons. The standard InChI is InChI=1S/C13H24N2O3/c14-9-12(5-7-18-8-6-12)11(16)15-10-13(17)3-1-2-4-13/h17H,1-10,14H2,(H,15,16). The molecule has 0 atom stereocenters. The maximum atomic E-state index is 12.3. The van der Waals surface area contributed by atoms with Crippen LogP contribution in [0.3, 0.4) is 0 Å². The summed E-state index contributed by atoms with van der Waals surface area (Å²) in [6, 6.07) is 0. The number of rotatable bonds is 4. The maximum absolute atomic E-state index is 12.3. The van der Waals surface area contributed by atoms with Crippen LogP contribution in [0.4, 0.5) is 0 Å². The first-order chi connectivity index (χ1) is 8.60. The fraction of sp³-hybridized carbons (Fsp3) is 0.923. The molecule has 1 saturated carbocycles. The summed E-state index contributed by atoms with van der Waals surface area (Å²) in [6.07, 6.45) is 5.00. The van der Waals surface area contributed by atoms with Crippen LogP contribution in [0, 0.1) is 5.41 Å². The Hall–Kier alpha value is -0.650. The van der Waals surface area contributed by atoms with Gasteiger partial charge < -0.3 is 20.9 Å². The summed E-state index contributed by atoms with van der Waals surface area (Å²) >= 11 is 0. The molecule has 0 spiro atoms. The van der Waals surface area contributed by atoms with E-state index in [9.17, 15) is 9.90 Å². The second-order valence-corrected chi connectivity index (χ2v) is 5.71. The quantitative estimate of drug-likeness (QED) is 0.669. The van der Waals surface area contributed by atoms with Gasteiger partial charge in [-0.1, -0.05) is 12.8 Å². The molecule has 1 amide bonds. The van der Waals surface area contributed by atoms with Gasteiger partial charge in [-0.15, -0.1) is 0 Å². The molecule has 18 heavy (non-hydrogen) atoms. The van der Waals surface area contributed by atoms with Crippen molar-refractivity contribution in [3.05, 3.63) is 0 Å². The number of amides is 1. The zero-order valence-electron chi connectivity index (χ0n) is 10.9. The fourth-order valence-corrected chi connectivity index (χ4v) is 2.93. The molecular weight excluding hydrogens is 232 g/mol. The third-order valence-electron chi connectivity index (χ3n) is 4.43. The van der Waals surface area contributed by atoms with Crippen LogP contribution in [0.5, 0.6) is 0 Å². The smallest absolute Gasteiger partial charge is 0.227 e. The lowest BCUT2D eigenvalue weighted by atomic mass is 9.79. The first-order valence-corrected chi connectivity index (χ1v) is 6.89. The van der Waals surface area contributed by atoms with Gasteiger partial charge in [0.05, 0.1) is 11.0 Å². The van der Waals surface area contributed by atoms with E-state index in [0.29, 0.717) is 39.1 Å². The van der Waals surface area contributed by atoms with E-state index in [-0.39, 0.29) is 5.91 Å². The van der Waals surface area contributed by atoms with E-state index in [2.05, 4.69) is 5.32 Å². The van der Waals surface area contributed by atoms with Crippen LogP contribution in [-0.2, 0) is 9.53 Å². The molecule has 1 aliphatic heterocycles. The van der Waals surface area contributed by atoms with Gasteiger partial charge in [-0.25, -0.2) is 0 Å². The lowest BCUT2D eigenvalue weighted by Gasteiger charge is -2.35. The Morgan fingerprint density at radius 1 is 1.22 bits per heavy atom. The van der Waals surface area contributed by atoms with Gasteiger partial charge in [0.2, 0.25) is 5.91 Å². The van der Waals surface area contributed by atoms with Gasteiger partial charge >= 0.3 is 0 Å². The van der Waals surface area contributed by atoms with Gasteiger partial charge in [0.25, 0.3) is 0 Å². The second-order valence-electron chi connectivity index (χ2n) is 5.71. The van der Waals surface area contributed by atoms with Crippen LogP contribution < -0.4 is 11.1 Å². The number of nitrogens with one attached hydrogen (secondary N) is 1. The Morgan fingerprint density at radius 3 is 2.39 bits per heavy atom. The average molecular weight is 256 g/mol. The Kier molecular flexibility index (Phi) is 4.25. The number of carbonyl (C=O) groups is 1. The van der Waals surface area contributed by atoms with Gasteiger partial charge in [-0.05, 0) is 25.7 Å². The number of hydrogen-bond acceptors (Lipinski definition) is 4. The SMILES string of the molecule is NCC1(C(=O)NCC2(O)CCCC2)CCOCC1. The fourth-order valence-electron chi connectivity index (χ4n) is 2.93. The molecule has 0 bridgehead atoms. The minimum absolute atomic E-state index is 0.0198. The summed E-state index contributed by atoms with van der Waals surface area (Å²) in [5.74, 6) is -0.0198. The van der Waals surface area contributed by atoms with E-state index < -0.39 is 11.0 Å². The molecule has 4 N–H and O–H groups in total. The second kappa shape index (κ2) is 5.55. The molecule has 5 nitrogen and oxygen atoms in total. The van der Waals surface area contributed by atoms with Gasteiger partial charge in [-0.2, -0.15) is 0 Å². The van der Waals surface area contributed by atoms with Crippen LogP contribution in [0.1, 0.15) is 38.5 Å². The van der Waals surface area contributed by atoms with E-state index in [1.807, 2.05) is 0 Å². The van der Waals surface area contributed by atoms with Crippen molar-refractivity contribution >= 4 is 5.91 Å². The molecule has 1 saturated heterocycles. The van der Waals surface area contributed by atoms with Gasteiger partial charge in [0.1, 0.15) is 0 Å². The topological polar surface area (TPSA) is 84.6 Å². The first kappa shape index (κ1) is 13.8. The van der Waals surface area contributed by atoms with E-state index in [0.717, 1.165) is 25.7 Å². The molecule has 0 aromatic carbocycles. The van der Waals surface area contributed by atoms with E-state index in [4.69, 9.17) is 10.5 Å². The minimum Gasteiger partial charge on any atom is -0.388 e. The number of ether oxygens (including phenoxy) is 1. The predicted octanol–water partition coefficient (Wildman–Crippen LogP) is 0.163. The Bertz CT molecular complexity index is 295. The zero-order chi connectivity index (χ0) is 13.1. The van der Waals surface area contributed by atoms with Gasteiger partial charge in [-0.3, -0.25) is 4.79 Å². The van der Waals surface area contributed by atoms with Gasteiger partial charge in [0, 0.05) is 26.3 Å². The summed E-state index contributed by atoms with van der Waals surface area (Å²) in [4.78, 5) is 12.3. The summed E-state index contributed by atoms with van der Waals surface area (Å²) in [6.45, 7) is 1.89. The number of hydrogen-bond donors (Lipinski definition) is 3. The van der Waals surface area contributed by atoms with Gasteiger partial charge in [0.15, 0.2) is 0 Å². The highest BCUT2D eigenvalue weighted by Gasteiger charge is 2.40. The molecule has 0 aromatic heterocycles. The van der Waals surface area contributed by atoms with E-state index in [1.165, 1.54) is 0 Å². The van der Waals surface area contributed by atoms with Crippen LogP contribution >= 0.6 is 0 Å². The largest absolute Gasteiger partial charge is 0.388 e. The van der Waals surface area contributed by atoms with E-state index >= 15 is 0 Å². The lowest BCUT2D eigenvalue weighted by molar-refractivity contribution is -0.137. The Labute approximate surface area is 108 Å². The molecule has 1 heterocycles. The summed E-state index contributed by atoms with van der Waals surface area (Å²) in [7, 11) is 0. The van der Waals surface area contributed by atoms with Crippen molar-refractivity contribution in [2.24, 2.45) is 11.1 Å². The van der Waals surface area contributed by atoms with Crippen LogP contribution in [-0.4, -0.2) is 42.9 Å². The van der Waals surface area contributed by atoms with Crippen LogP contribution in [0.15, 0.2) is 0 Å². The summed E-state index contributed by atoms with van der Waals surface area (Å²) < 4.78 is 5.29. The Balaban J connectivity index is 1.89. The predicted molar refractivity (Wildman–Crippen MR) is 68.0 cm³/mol. The molecule has 2 fully saturated rings. The first-order valence-electron chi connectivity index (χ1n) is 6.89. The lowest BCUT2D eigenvalue weighted by Crippen LogP contribution is -2.52. The molecule has 5 heteroatoms. The number of aliphatic hydroxyl groups is 1. The van der Waals surface area contributed by atoms with Crippen LogP contribution in [0.25, 0.3) is 0 Å². The highest BCUT2D eigenvalue weighted by atomic mass is 16.5. The zero-order valence-corrected chi connectivity index (χ0v) is 10.9. The minimum atomic E-state index is -0.698. The molecule has 1 aliphatic carbocycles. The van der Waals surface area contributed by atoms with E-state index in [1.54, 1.807) is 0 Å². The number of carbonyl (C=O) groups excluding carboxylic acids is 1. The summed E-state index contributed by atoms with van der Waals surface area (Å²) in [5.41, 5.74) is 4.59. The van der Waals surface area contributed by atoms with Crippen molar-refractivity contribution < 1.29 is 14.6 Å². The van der Waals surface area contributed by atoms with Crippen molar-refractivity contribution in [1.82, 2.24) is 5.32 Å². The molecule has 104 valence electrons. The van der Waals surface area contributed by atoms with Crippen molar-refractivity contribution in [1.29, 1.82) is 0 Å². The summed E-state index contributed by atoms with van der Waals surface area (Å²) in [5, 5.41) is 13.1. The molecule has 0 aromatic rings. The normalized spacial score (nSPS) is 25.9. The van der Waals surface area contributed by atoms with Crippen molar-refractivity contribution in [3.8, 4) is 0 Å². The third-order valence-corrected chi connectivity index (χ3v) is 4.43. The van der Waals surface area contributed by atoms with Crippen molar-refractivity contribution in [2.75, 3.05) is 26.3 Å². The van der Waals surface area contributed by atoms with Crippen LogP contribution in [0.2, 0.25) is 0 Å². The highest BCUT2D eigenvalue weighted by Crippen LogP contribution is 2.31.